The van der Waals surface area contributed by atoms with Crippen molar-refractivity contribution in [3.8, 4) is 5.75 Å². The minimum absolute atomic E-state index is 0.0985. The Morgan fingerprint density at radius 2 is 1.90 bits per heavy atom. The van der Waals surface area contributed by atoms with Crippen LogP contribution in [0.1, 0.15) is 50.4 Å². The van der Waals surface area contributed by atoms with Gasteiger partial charge in [-0.2, -0.15) is 0 Å². The number of anilines is 2. The predicted octanol–water partition coefficient (Wildman–Crippen LogP) is 4.18. The van der Waals surface area contributed by atoms with Crippen LogP contribution < -0.4 is 15.0 Å². The van der Waals surface area contributed by atoms with Gasteiger partial charge in [-0.05, 0) is 50.6 Å². The molecule has 0 spiro atoms. The lowest BCUT2D eigenvalue weighted by Crippen LogP contribution is -2.53. The number of carbonyl (C=O) groups is 3. The second-order valence-electron chi connectivity index (χ2n) is 7.91. The highest BCUT2D eigenvalue weighted by molar-refractivity contribution is 6.03. The maximum Gasteiger partial charge on any atom is 0.338 e. The maximum atomic E-state index is 12.8. The number of esters is 1. The Bertz CT molecular complexity index is 970. The number of fused-ring (bicyclic) bond motifs is 1. The molecule has 0 aromatic heterocycles. The number of hydrogen-bond acceptors (Lipinski definition) is 5. The molecule has 1 aliphatic heterocycles. The predicted molar refractivity (Wildman–Crippen MR) is 118 cm³/mol. The summed E-state index contributed by atoms with van der Waals surface area (Å²) < 4.78 is 11.0. The second-order valence-corrected chi connectivity index (χ2v) is 7.91. The highest BCUT2D eigenvalue weighted by Gasteiger charge is 2.40. The van der Waals surface area contributed by atoms with Gasteiger partial charge in [0.2, 0.25) is 5.91 Å². The molecule has 1 heterocycles. The Hall–Kier alpha value is -3.35. The molecular formula is C24H28N2O5. The molecule has 164 valence electrons. The van der Waals surface area contributed by atoms with Gasteiger partial charge < -0.3 is 19.7 Å². The third-order valence-electron chi connectivity index (χ3n) is 4.96. The molecule has 0 saturated heterocycles. The first-order valence-corrected chi connectivity index (χ1v) is 10.5. The fourth-order valence-corrected chi connectivity index (χ4v) is 3.29. The normalized spacial score (nSPS) is 14.4. The summed E-state index contributed by atoms with van der Waals surface area (Å²) in [5.74, 6) is -0.258. The SMILES string of the molecule is CCCCOC(=O)c1cccc(NC(=O)CCN2C(=O)C(C)(C)Oc3ccccc32)c1. The molecule has 31 heavy (non-hydrogen) atoms. The zero-order chi connectivity index (χ0) is 22.4. The van der Waals surface area contributed by atoms with E-state index in [2.05, 4.69) is 5.32 Å². The van der Waals surface area contributed by atoms with Gasteiger partial charge in [-0.3, -0.25) is 9.59 Å². The lowest BCUT2D eigenvalue weighted by molar-refractivity contribution is -0.132. The van der Waals surface area contributed by atoms with Crippen LogP contribution in [-0.2, 0) is 14.3 Å². The molecule has 0 atom stereocenters. The molecule has 2 aromatic carbocycles. The van der Waals surface area contributed by atoms with Crippen molar-refractivity contribution in [2.24, 2.45) is 0 Å². The Morgan fingerprint density at radius 3 is 2.68 bits per heavy atom. The number of carbonyl (C=O) groups excluding carboxylic acids is 3. The van der Waals surface area contributed by atoms with Crippen LogP contribution >= 0.6 is 0 Å². The number of amides is 2. The standard InChI is InChI=1S/C24H28N2O5/c1-4-5-15-30-22(28)17-9-8-10-18(16-17)25-21(27)13-14-26-19-11-6-7-12-20(19)31-24(2,3)23(26)29/h6-12,16H,4-5,13-15H2,1-3H3,(H,25,27). The van der Waals surface area contributed by atoms with Gasteiger partial charge in [0.15, 0.2) is 5.60 Å². The third-order valence-corrected chi connectivity index (χ3v) is 4.96. The third kappa shape index (κ3) is 5.42. The summed E-state index contributed by atoms with van der Waals surface area (Å²) in [5, 5.41) is 2.79. The van der Waals surface area contributed by atoms with Crippen molar-refractivity contribution in [3.63, 3.8) is 0 Å². The molecule has 0 unspecified atom stereocenters. The van der Waals surface area contributed by atoms with Crippen LogP contribution in [0.3, 0.4) is 0 Å². The van der Waals surface area contributed by atoms with Gasteiger partial charge in [0.25, 0.3) is 5.91 Å². The minimum Gasteiger partial charge on any atom is -0.476 e. The molecule has 2 aromatic rings. The van der Waals surface area contributed by atoms with Crippen LogP contribution in [0, 0.1) is 0 Å². The molecule has 0 fully saturated rings. The van der Waals surface area contributed by atoms with Gasteiger partial charge in [0.05, 0.1) is 17.9 Å². The first-order valence-electron chi connectivity index (χ1n) is 10.5. The molecule has 1 aliphatic rings. The van der Waals surface area contributed by atoms with E-state index in [9.17, 15) is 14.4 Å². The number of nitrogens with one attached hydrogen (secondary N) is 1. The monoisotopic (exact) mass is 424 g/mol. The molecule has 1 N–H and O–H groups in total. The van der Waals surface area contributed by atoms with Crippen molar-refractivity contribution in [3.05, 3.63) is 54.1 Å². The average Bonchev–Trinajstić information content (AvgIpc) is 2.74. The minimum atomic E-state index is -1.00. The van der Waals surface area contributed by atoms with E-state index in [1.807, 2.05) is 25.1 Å². The molecule has 7 heteroatoms. The smallest absolute Gasteiger partial charge is 0.338 e. The summed E-state index contributed by atoms with van der Waals surface area (Å²) in [6, 6.07) is 13.9. The number of hydrogen-bond donors (Lipinski definition) is 1. The molecule has 0 radical (unpaired) electrons. The van der Waals surface area contributed by atoms with Crippen LogP contribution in [0.15, 0.2) is 48.5 Å². The molecule has 7 nitrogen and oxygen atoms in total. The summed E-state index contributed by atoms with van der Waals surface area (Å²) >= 11 is 0. The van der Waals surface area contributed by atoms with E-state index >= 15 is 0 Å². The van der Waals surface area contributed by atoms with Gasteiger partial charge in [0, 0.05) is 18.7 Å². The highest BCUT2D eigenvalue weighted by Crippen LogP contribution is 2.37. The lowest BCUT2D eigenvalue weighted by Gasteiger charge is -2.38. The van der Waals surface area contributed by atoms with Gasteiger partial charge in [0.1, 0.15) is 5.75 Å². The topological polar surface area (TPSA) is 84.9 Å². The van der Waals surface area contributed by atoms with E-state index < -0.39 is 11.6 Å². The zero-order valence-electron chi connectivity index (χ0n) is 18.1. The van der Waals surface area contributed by atoms with Gasteiger partial charge in [-0.15, -0.1) is 0 Å². The fourth-order valence-electron chi connectivity index (χ4n) is 3.29. The van der Waals surface area contributed by atoms with Crippen LogP contribution in [0.5, 0.6) is 5.75 Å². The molecule has 0 saturated carbocycles. The zero-order valence-corrected chi connectivity index (χ0v) is 18.1. The Balaban J connectivity index is 1.62. The van der Waals surface area contributed by atoms with E-state index in [-0.39, 0.29) is 24.8 Å². The summed E-state index contributed by atoms with van der Waals surface area (Å²) in [6.07, 6.45) is 1.85. The largest absolute Gasteiger partial charge is 0.476 e. The Labute approximate surface area is 182 Å². The van der Waals surface area contributed by atoms with Crippen LogP contribution in [-0.4, -0.2) is 36.5 Å². The van der Waals surface area contributed by atoms with E-state index in [0.29, 0.717) is 29.3 Å². The number of unbranched alkanes of at least 4 members (excludes halogenated alkanes) is 1. The molecule has 2 amide bonds. The van der Waals surface area contributed by atoms with Crippen LogP contribution in [0.2, 0.25) is 0 Å². The van der Waals surface area contributed by atoms with E-state index in [1.54, 1.807) is 49.1 Å². The number of para-hydroxylation sites is 2. The average molecular weight is 424 g/mol. The fraction of sp³-hybridized carbons (Fsp3) is 0.375. The molecule has 0 aliphatic carbocycles. The maximum absolute atomic E-state index is 12.8. The number of benzene rings is 2. The summed E-state index contributed by atoms with van der Waals surface area (Å²) in [4.78, 5) is 39.1. The molecular weight excluding hydrogens is 396 g/mol. The Morgan fingerprint density at radius 1 is 1.13 bits per heavy atom. The van der Waals surface area contributed by atoms with Crippen LogP contribution in [0.4, 0.5) is 11.4 Å². The first-order chi connectivity index (χ1) is 14.8. The quantitative estimate of drug-likeness (QED) is 0.508. The Kier molecular flexibility index (Phi) is 6.95. The highest BCUT2D eigenvalue weighted by atomic mass is 16.5. The van der Waals surface area contributed by atoms with Crippen molar-refractivity contribution in [2.45, 2.75) is 45.6 Å². The number of ether oxygens (including phenoxy) is 2. The second kappa shape index (κ2) is 9.64. The molecule has 0 bridgehead atoms. The van der Waals surface area contributed by atoms with E-state index in [0.717, 1.165) is 12.8 Å². The van der Waals surface area contributed by atoms with Gasteiger partial charge in [-0.25, -0.2) is 4.79 Å². The van der Waals surface area contributed by atoms with E-state index in [4.69, 9.17) is 9.47 Å². The summed E-state index contributed by atoms with van der Waals surface area (Å²) in [6.45, 7) is 6.03. The summed E-state index contributed by atoms with van der Waals surface area (Å²) in [5.41, 5.74) is 0.533. The van der Waals surface area contributed by atoms with Gasteiger partial charge in [-0.1, -0.05) is 31.5 Å². The van der Waals surface area contributed by atoms with Crippen molar-refractivity contribution < 1.29 is 23.9 Å². The van der Waals surface area contributed by atoms with Gasteiger partial charge >= 0.3 is 5.97 Å². The van der Waals surface area contributed by atoms with Crippen molar-refractivity contribution >= 4 is 29.2 Å². The van der Waals surface area contributed by atoms with Crippen molar-refractivity contribution in [1.29, 1.82) is 0 Å². The first kappa shape index (κ1) is 22.3. The molecule has 3 rings (SSSR count). The number of nitrogens with zero attached hydrogens (tertiary/aromatic N) is 1. The van der Waals surface area contributed by atoms with Crippen LogP contribution in [0.25, 0.3) is 0 Å². The number of rotatable bonds is 8. The summed E-state index contributed by atoms with van der Waals surface area (Å²) in [7, 11) is 0. The van der Waals surface area contributed by atoms with Crippen molar-refractivity contribution in [2.75, 3.05) is 23.4 Å². The lowest BCUT2D eigenvalue weighted by atomic mass is 10.0. The van der Waals surface area contributed by atoms with Crippen molar-refractivity contribution in [1.82, 2.24) is 0 Å². The van der Waals surface area contributed by atoms with E-state index in [1.165, 1.54) is 0 Å².